The van der Waals surface area contributed by atoms with Gasteiger partial charge in [0.25, 0.3) is 0 Å². The van der Waals surface area contributed by atoms with Crippen molar-refractivity contribution in [2.24, 2.45) is 0 Å². The Morgan fingerprint density at radius 2 is 1.69 bits per heavy atom. The van der Waals surface area contributed by atoms with Gasteiger partial charge in [-0.15, -0.1) is 0 Å². The topological polar surface area (TPSA) is 84.8 Å². The molecule has 0 aliphatic heterocycles. The number of pyridine rings is 1. The third kappa shape index (κ3) is 3.22. The summed E-state index contributed by atoms with van der Waals surface area (Å²) in [7, 11) is -3.84. The molecule has 2 aromatic carbocycles. The Hall–Kier alpha value is -2.68. The van der Waals surface area contributed by atoms with E-state index < -0.39 is 16.1 Å². The van der Waals surface area contributed by atoms with Gasteiger partial charge in [-0.05, 0) is 29.8 Å². The Kier molecular flexibility index (Phi) is 4.46. The molecule has 6 nitrogen and oxygen atoms in total. The summed E-state index contributed by atoms with van der Waals surface area (Å²) in [6.45, 7) is 0. The van der Waals surface area contributed by atoms with Crippen molar-refractivity contribution in [1.82, 2.24) is 18.5 Å². The zero-order chi connectivity index (χ0) is 18.0. The van der Waals surface area contributed by atoms with Gasteiger partial charge in [0.2, 0.25) is 10.0 Å². The molecular formula is C18H14N4O2S2. The second-order valence-corrected chi connectivity index (χ2v) is 7.82. The molecule has 130 valence electrons. The lowest BCUT2D eigenvalue weighted by atomic mass is 10.0. The van der Waals surface area contributed by atoms with Gasteiger partial charge in [0.1, 0.15) is 15.9 Å². The first-order valence-corrected chi connectivity index (χ1v) is 10.1. The highest BCUT2D eigenvalue weighted by molar-refractivity contribution is 7.89. The van der Waals surface area contributed by atoms with E-state index >= 15 is 0 Å². The molecule has 1 unspecified atom stereocenters. The molecule has 0 aliphatic rings. The number of hydrogen-bond donors (Lipinski definition) is 1. The van der Waals surface area contributed by atoms with Gasteiger partial charge in [0.05, 0.1) is 23.5 Å². The molecule has 8 heteroatoms. The smallest absolute Gasteiger partial charge is 0.243 e. The van der Waals surface area contributed by atoms with Gasteiger partial charge in [-0.2, -0.15) is 13.5 Å². The maximum absolute atomic E-state index is 13.1. The summed E-state index contributed by atoms with van der Waals surface area (Å²) in [6.07, 6.45) is 1.64. The lowest BCUT2D eigenvalue weighted by Gasteiger charge is -2.19. The Morgan fingerprint density at radius 1 is 0.885 bits per heavy atom. The van der Waals surface area contributed by atoms with Crippen LogP contribution in [0.2, 0.25) is 0 Å². The number of hydrogen-bond acceptors (Lipinski definition) is 6. The minimum Gasteiger partial charge on any atom is -0.259 e. The van der Waals surface area contributed by atoms with E-state index in [1.165, 1.54) is 6.07 Å². The standard InChI is InChI=1S/C18H14N4O2S2/c23-26(24,16-11-6-10-15-18(16)21-25-20-15)22-17(13-7-2-1-3-8-13)14-9-4-5-12-19-14/h1-12,17,22H. The Balaban J connectivity index is 1.79. The number of nitrogens with zero attached hydrogens (tertiary/aromatic N) is 3. The third-order valence-electron chi connectivity index (χ3n) is 3.93. The van der Waals surface area contributed by atoms with Crippen molar-refractivity contribution in [3.63, 3.8) is 0 Å². The van der Waals surface area contributed by atoms with Crippen molar-refractivity contribution in [2.45, 2.75) is 10.9 Å². The zero-order valence-electron chi connectivity index (χ0n) is 13.5. The van der Waals surface area contributed by atoms with Gasteiger partial charge < -0.3 is 0 Å². The molecule has 2 heterocycles. The van der Waals surface area contributed by atoms with Gasteiger partial charge in [0, 0.05) is 6.20 Å². The van der Waals surface area contributed by atoms with Gasteiger partial charge in [-0.1, -0.05) is 42.5 Å². The van der Waals surface area contributed by atoms with Crippen LogP contribution in [0.15, 0.2) is 77.8 Å². The van der Waals surface area contributed by atoms with Gasteiger partial charge in [0.15, 0.2) is 0 Å². The van der Waals surface area contributed by atoms with Crippen LogP contribution in [-0.2, 0) is 10.0 Å². The quantitative estimate of drug-likeness (QED) is 0.573. The average Bonchev–Trinajstić information content (AvgIpc) is 3.16. The first-order valence-electron chi connectivity index (χ1n) is 7.85. The number of nitrogens with one attached hydrogen (secondary N) is 1. The van der Waals surface area contributed by atoms with E-state index in [1.807, 2.05) is 36.4 Å². The van der Waals surface area contributed by atoms with Crippen LogP contribution in [0.3, 0.4) is 0 Å². The summed E-state index contributed by atoms with van der Waals surface area (Å²) in [5, 5.41) is 0. The van der Waals surface area contributed by atoms with Crippen LogP contribution in [0.4, 0.5) is 0 Å². The maximum Gasteiger partial charge on any atom is 0.243 e. The minimum atomic E-state index is -3.84. The van der Waals surface area contributed by atoms with Crippen molar-refractivity contribution in [3.05, 3.63) is 84.2 Å². The molecular weight excluding hydrogens is 368 g/mol. The van der Waals surface area contributed by atoms with Crippen molar-refractivity contribution < 1.29 is 8.42 Å². The summed E-state index contributed by atoms with van der Waals surface area (Å²) in [5.74, 6) is 0. The molecule has 4 rings (SSSR count). The van der Waals surface area contributed by atoms with E-state index in [4.69, 9.17) is 0 Å². The molecule has 0 amide bonds. The SMILES string of the molecule is O=S(=O)(NC(c1ccccc1)c1ccccn1)c1cccc2nsnc12. The highest BCUT2D eigenvalue weighted by Gasteiger charge is 2.26. The van der Waals surface area contributed by atoms with Gasteiger partial charge in [-0.3, -0.25) is 4.98 Å². The second-order valence-electron chi connectivity index (χ2n) is 5.61. The molecule has 0 bridgehead atoms. The van der Waals surface area contributed by atoms with Crippen LogP contribution in [0.5, 0.6) is 0 Å². The fourth-order valence-corrected chi connectivity index (χ4v) is 4.67. The molecule has 0 aliphatic carbocycles. The average molecular weight is 382 g/mol. The highest BCUT2D eigenvalue weighted by Crippen LogP contribution is 2.26. The summed E-state index contributed by atoms with van der Waals surface area (Å²) in [4.78, 5) is 4.44. The van der Waals surface area contributed by atoms with Crippen LogP contribution in [0.1, 0.15) is 17.3 Å². The van der Waals surface area contributed by atoms with Crippen LogP contribution >= 0.6 is 11.7 Å². The van der Waals surface area contributed by atoms with E-state index in [1.54, 1.807) is 30.5 Å². The number of fused-ring (bicyclic) bond motifs is 1. The van der Waals surface area contributed by atoms with E-state index in [2.05, 4.69) is 18.5 Å². The summed E-state index contributed by atoms with van der Waals surface area (Å²) in [5.41, 5.74) is 2.36. The lowest BCUT2D eigenvalue weighted by molar-refractivity contribution is 0.571. The Morgan fingerprint density at radius 3 is 2.46 bits per heavy atom. The number of rotatable bonds is 5. The van der Waals surface area contributed by atoms with Crippen molar-refractivity contribution in [3.8, 4) is 0 Å². The molecule has 1 N–H and O–H groups in total. The van der Waals surface area contributed by atoms with Gasteiger partial charge in [-0.25, -0.2) is 8.42 Å². The first-order chi connectivity index (χ1) is 12.6. The van der Waals surface area contributed by atoms with Crippen LogP contribution in [-0.4, -0.2) is 22.1 Å². The largest absolute Gasteiger partial charge is 0.259 e. The summed E-state index contributed by atoms with van der Waals surface area (Å²) in [6, 6.07) is 19.1. The minimum absolute atomic E-state index is 0.112. The summed E-state index contributed by atoms with van der Waals surface area (Å²) >= 11 is 0.990. The van der Waals surface area contributed by atoms with E-state index in [0.29, 0.717) is 16.7 Å². The monoisotopic (exact) mass is 382 g/mol. The first kappa shape index (κ1) is 16.8. The molecule has 2 aromatic heterocycles. The lowest BCUT2D eigenvalue weighted by Crippen LogP contribution is -2.30. The highest BCUT2D eigenvalue weighted by atomic mass is 32.2. The van der Waals surface area contributed by atoms with Crippen molar-refractivity contribution >= 4 is 32.8 Å². The predicted octanol–water partition coefficient (Wildman–Crippen LogP) is 3.15. The number of benzene rings is 2. The molecule has 0 fully saturated rings. The number of sulfonamides is 1. The molecule has 26 heavy (non-hydrogen) atoms. The van der Waals surface area contributed by atoms with E-state index in [9.17, 15) is 8.42 Å². The fraction of sp³-hybridized carbons (Fsp3) is 0.0556. The Labute approximate surface area is 154 Å². The molecule has 1 atom stereocenters. The van der Waals surface area contributed by atoms with Crippen LogP contribution in [0.25, 0.3) is 11.0 Å². The molecule has 0 radical (unpaired) electrons. The van der Waals surface area contributed by atoms with Crippen LogP contribution < -0.4 is 4.72 Å². The predicted molar refractivity (Wildman–Crippen MR) is 100 cm³/mol. The van der Waals surface area contributed by atoms with Crippen molar-refractivity contribution in [1.29, 1.82) is 0 Å². The fourth-order valence-electron chi connectivity index (χ4n) is 2.71. The normalized spacial score (nSPS) is 12.9. The van der Waals surface area contributed by atoms with E-state index in [0.717, 1.165) is 17.3 Å². The molecule has 0 saturated heterocycles. The zero-order valence-corrected chi connectivity index (χ0v) is 15.1. The molecule has 0 saturated carbocycles. The second kappa shape index (κ2) is 6.91. The molecule has 4 aromatic rings. The van der Waals surface area contributed by atoms with Crippen molar-refractivity contribution in [2.75, 3.05) is 0 Å². The Bertz CT molecular complexity index is 1090. The summed E-state index contributed by atoms with van der Waals surface area (Å²) < 4.78 is 37.2. The maximum atomic E-state index is 13.1. The van der Waals surface area contributed by atoms with Crippen LogP contribution in [0, 0.1) is 0 Å². The van der Waals surface area contributed by atoms with Gasteiger partial charge >= 0.3 is 0 Å². The third-order valence-corrected chi connectivity index (χ3v) is 5.92. The number of aromatic nitrogens is 3. The molecule has 0 spiro atoms. The van der Waals surface area contributed by atoms with E-state index in [-0.39, 0.29) is 4.90 Å².